The number of fused-ring (bicyclic) bond motifs is 1. The molecule has 0 aliphatic heterocycles. The van der Waals surface area contributed by atoms with Crippen molar-refractivity contribution in [1.82, 2.24) is 19.9 Å². The largest absolute Gasteiger partial charge is 0.467 e. The molecule has 0 aliphatic rings. The number of rotatable bonds is 1. The third-order valence-corrected chi connectivity index (χ3v) is 1.93. The number of hydrogen-bond donors (Lipinski definition) is 0. The van der Waals surface area contributed by atoms with Crippen molar-refractivity contribution in [1.29, 1.82) is 0 Å². The average molecular weight is 211 g/mol. The van der Waals surface area contributed by atoms with E-state index in [2.05, 4.69) is 19.9 Å². The number of methoxy groups -OCH3 is 1. The van der Waals surface area contributed by atoms with Crippen LogP contribution in [0.3, 0.4) is 0 Å². The molecule has 0 fully saturated rings. The van der Waals surface area contributed by atoms with Gasteiger partial charge in [0, 0.05) is 0 Å². The molecule has 0 radical (unpaired) electrons. The number of aromatic nitrogens is 4. The average Bonchev–Trinajstić information content (AvgIpc) is 2.17. The van der Waals surface area contributed by atoms with Crippen LogP contribution in [0, 0.1) is 6.92 Å². The molecule has 0 aromatic carbocycles. The van der Waals surface area contributed by atoms with Gasteiger partial charge in [-0.2, -0.15) is 4.98 Å². The van der Waals surface area contributed by atoms with E-state index in [0.29, 0.717) is 22.0 Å². The highest BCUT2D eigenvalue weighted by Crippen LogP contribution is 2.18. The highest BCUT2D eigenvalue weighted by Gasteiger charge is 2.06. The van der Waals surface area contributed by atoms with E-state index >= 15 is 0 Å². The maximum Gasteiger partial charge on any atom is 0.316 e. The third-order valence-electron chi connectivity index (χ3n) is 1.67. The molecule has 0 N–H and O–H groups in total. The monoisotopic (exact) mass is 210 g/mol. The molecule has 0 bridgehead atoms. The van der Waals surface area contributed by atoms with E-state index in [9.17, 15) is 0 Å². The van der Waals surface area contributed by atoms with Crippen molar-refractivity contribution >= 4 is 22.6 Å². The van der Waals surface area contributed by atoms with Crippen molar-refractivity contribution in [3.63, 3.8) is 0 Å². The number of halogens is 1. The minimum Gasteiger partial charge on any atom is -0.467 e. The van der Waals surface area contributed by atoms with E-state index in [-0.39, 0.29) is 6.01 Å². The van der Waals surface area contributed by atoms with Crippen LogP contribution >= 0.6 is 11.6 Å². The Morgan fingerprint density at radius 2 is 2.07 bits per heavy atom. The molecule has 0 atom stereocenters. The van der Waals surface area contributed by atoms with Gasteiger partial charge in [-0.25, -0.2) is 15.0 Å². The van der Waals surface area contributed by atoms with Crippen molar-refractivity contribution < 1.29 is 4.74 Å². The van der Waals surface area contributed by atoms with Gasteiger partial charge >= 0.3 is 6.01 Å². The van der Waals surface area contributed by atoms with Gasteiger partial charge in [0.15, 0.2) is 5.15 Å². The summed E-state index contributed by atoms with van der Waals surface area (Å²) in [6.07, 6.45) is 1.56. The number of hydrogen-bond acceptors (Lipinski definition) is 5. The van der Waals surface area contributed by atoms with E-state index in [1.54, 1.807) is 13.1 Å². The lowest BCUT2D eigenvalue weighted by atomic mass is 10.4. The SMILES string of the molecule is COc1ncc2nc(C)nc(Cl)c2n1. The maximum atomic E-state index is 5.89. The Morgan fingerprint density at radius 3 is 2.79 bits per heavy atom. The molecule has 6 heteroatoms. The van der Waals surface area contributed by atoms with Crippen LogP contribution < -0.4 is 4.74 Å². The summed E-state index contributed by atoms with van der Waals surface area (Å²) in [5.41, 5.74) is 1.12. The van der Waals surface area contributed by atoms with E-state index in [1.165, 1.54) is 7.11 Å². The molecule has 2 heterocycles. The number of nitrogens with zero attached hydrogens (tertiary/aromatic N) is 4. The normalized spacial score (nSPS) is 10.5. The van der Waals surface area contributed by atoms with Crippen molar-refractivity contribution in [2.24, 2.45) is 0 Å². The first-order valence-corrected chi connectivity index (χ1v) is 4.29. The van der Waals surface area contributed by atoms with Gasteiger partial charge in [0.25, 0.3) is 0 Å². The summed E-state index contributed by atoms with van der Waals surface area (Å²) in [6, 6.07) is 0.256. The lowest BCUT2D eigenvalue weighted by Gasteiger charge is -2.01. The van der Waals surface area contributed by atoms with Crippen molar-refractivity contribution in [2.75, 3.05) is 7.11 Å². The topological polar surface area (TPSA) is 60.8 Å². The van der Waals surface area contributed by atoms with Gasteiger partial charge < -0.3 is 4.74 Å². The Bertz CT molecular complexity index is 488. The molecule has 0 amide bonds. The summed E-state index contributed by atoms with van der Waals surface area (Å²) < 4.78 is 4.87. The van der Waals surface area contributed by atoms with Crippen LogP contribution in [0.2, 0.25) is 5.15 Å². The van der Waals surface area contributed by atoms with Crippen molar-refractivity contribution in [2.45, 2.75) is 6.92 Å². The fourth-order valence-electron chi connectivity index (χ4n) is 1.09. The zero-order chi connectivity index (χ0) is 10.1. The summed E-state index contributed by atoms with van der Waals surface area (Å²) in [5.74, 6) is 0.594. The summed E-state index contributed by atoms with van der Waals surface area (Å²) in [7, 11) is 1.49. The Morgan fingerprint density at radius 1 is 1.29 bits per heavy atom. The lowest BCUT2D eigenvalue weighted by molar-refractivity contribution is 0.381. The molecule has 72 valence electrons. The van der Waals surface area contributed by atoms with E-state index in [4.69, 9.17) is 16.3 Å². The van der Waals surface area contributed by atoms with Crippen LogP contribution in [0.25, 0.3) is 11.0 Å². The molecule has 2 aromatic rings. The summed E-state index contributed by atoms with van der Waals surface area (Å²) in [5, 5.41) is 0.313. The second-order valence-corrected chi connectivity index (χ2v) is 3.01. The minimum absolute atomic E-state index is 0.256. The van der Waals surface area contributed by atoms with Gasteiger partial charge in [0.05, 0.1) is 13.3 Å². The van der Waals surface area contributed by atoms with E-state index in [0.717, 1.165) is 0 Å². The van der Waals surface area contributed by atoms with Gasteiger partial charge in [0.2, 0.25) is 0 Å². The van der Waals surface area contributed by atoms with Crippen LogP contribution in [0.5, 0.6) is 6.01 Å². The summed E-state index contributed by atoms with van der Waals surface area (Å²) in [6.45, 7) is 1.76. The predicted molar refractivity (Wildman–Crippen MR) is 51.4 cm³/mol. The van der Waals surface area contributed by atoms with E-state index < -0.39 is 0 Å². The predicted octanol–water partition coefficient (Wildman–Crippen LogP) is 1.39. The van der Waals surface area contributed by atoms with E-state index in [1.807, 2.05) is 0 Å². The lowest BCUT2D eigenvalue weighted by Crippen LogP contribution is -1.96. The summed E-state index contributed by atoms with van der Waals surface area (Å²) >= 11 is 5.89. The molecular formula is C8H7ClN4O. The molecule has 2 aromatic heterocycles. The second-order valence-electron chi connectivity index (χ2n) is 2.65. The van der Waals surface area contributed by atoms with Crippen LogP contribution in [0.4, 0.5) is 0 Å². The highest BCUT2D eigenvalue weighted by atomic mass is 35.5. The third kappa shape index (κ3) is 1.46. The first-order chi connectivity index (χ1) is 6.70. The Balaban J connectivity index is 2.75. The molecule has 0 saturated heterocycles. The molecule has 0 aliphatic carbocycles. The zero-order valence-electron chi connectivity index (χ0n) is 7.65. The quantitative estimate of drug-likeness (QED) is 0.666. The Kier molecular flexibility index (Phi) is 2.17. The number of ether oxygens (including phenoxy) is 1. The first kappa shape index (κ1) is 9.08. The van der Waals surface area contributed by atoms with Gasteiger partial charge in [-0.15, -0.1) is 0 Å². The summed E-state index contributed by atoms with van der Waals surface area (Å²) in [4.78, 5) is 16.1. The molecule has 5 nitrogen and oxygen atoms in total. The van der Waals surface area contributed by atoms with Gasteiger partial charge in [0.1, 0.15) is 16.9 Å². The Labute approximate surface area is 85.1 Å². The smallest absolute Gasteiger partial charge is 0.316 e. The highest BCUT2D eigenvalue weighted by molar-refractivity contribution is 6.33. The fraction of sp³-hybridized carbons (Fsp3) is 0.250. The molecule has 0 spiro atoms. The fourth-order valence-corrected chi connectivity index (χ4v) is 1.35. The molecular weight excluding hydrogens is 204 g/mol. The zero-order valence-corrected chi connectivity index (χ0v) is 8.41. The number of aryl methyl sites for hydroxylation is 1. The molecule has 0 saturated carbocycles. The maximum absolute atomic E-state index is 5.89. The molecule has 0 unspecified atom stereocenters. The second kappa shape index (κ2) is 3.34. The van der Waals surface area contributed by atoms with Gasteiger partial charge in [-0.1, -0.05) is 11.6 Å². The molecule has 14 heavy (non-hydrogen) atoms. The van der Waals surface area contributed by atoms with Crippen LogP contribution in [0.1, 0.15) is 5.82 Å². The van der Waals surface area contributed by atoms with Crippen LogP contribution in [0.15, 0.2) is 6.20 Å². The van der Waals surface area contributed by atoms with Crippen LogP contribution in [-0.2, 0) is 0 Å². The standard InChI is InChI=1S/C8H7ClN4O/c1-4-11-5-3-10-8(14-2)13-6(5)7(9)12-4/h3H,1-2H3. The van der Waals surface area contributed by atoms with Crippen molar-refractivity contribution in [3.8, 4) is 6.01 Å². The Hall–Kier alpha value is -1.49. The van der Waals surface area contributed by atoms with Crippen LogP contribution in [-0.4, -0.2) is 27.0 Å². The van der Waals surface area contributed by atoms with Gasteiger partial charge in [-0.3, -0.25) is 0 Å². The minimum atomic E-state index is 0.256. The first-order valence-electron chi connectivity index (χ1n) is 3.91. The molecule has 2 rings (SSSR count). The van der Waals surface area contributed by atoms with Gasteiger partial charge in [-0.05, 0) is 6.92 Å². The van der Waals surface area contributed by atoms with Crippen molar-refractivity contribution in [3.05, 3.63) is 17.2 Å².